The van der Waals surface area contributed by atoms with Crippen molar-refractivity contribution in [2.45, 2.75) is 32.2 Å². The number of carbonyl (C=O) groups excluding carboxylic acids is 1. The van der Waals surface area contributed by atoms with Crippen LogP contribution in [0, 0.1) is 0 Å². The van der Waals surface area contributed by atoms with E-state index >= 15 is 0 Å². The topological polar surface area (TPSA) is 85.3 Å². The first-order chi connectivity index (χ1) is 9.26. The average Bonchev–Trinajstić information content (AvgIpc) is 2.87. The molecule has 3 N–H and O–H groups in total. The van der Waals surface area contributed by atoms with E-state index in [1.54, 1.807) is 29.3 Å². The van der Waals surface area contributed by atoms with Crippen LogP contribution in [-0.4, -0.2) is 33.1 Å². The van der Waals surface area contributed by atoms with Crippen molar-refractivity contribution >= 4 is 11.4 Å². The molecule has 2 aromatic rings. The molecule has 0 bridgehead atoms. The number of fused-ring (bicyclic) bond motifs is 1. The molecule has 0 saturated carbocycles. The van der Waals surface area contributed by atoms with Gasteiger partial charge in [-0.3, -0.25) is 9.78 Å². The molecule has 0 spiro atoms. The lowest BCUT2D eigenvalue weighted by molar-refractivity contribution is 0.0937. The zero-order valence-corrected chi connectivity index (χ0v) is 11.0. The molecule has 1 amide bonds. The van der Waals surface area contributed by atoms with E-state index in [1.165, 1.54) is 0 Å². The number of nitrogens with two attached hydrogens (primary N) is 1. The normalized spacial score (nSPS) is 12.5. The van der Waals surface area contributed by atoms with E-state index in [1.807, 2.05) is 0 Å². The highest BCUT2D eigenvalue weighted by Gasteiger charge is 2.16. The fourth-order valence-corrected chi connectivity index (χ4v) is 1.97. The highest BCUT2D eigenvalue weighted by molar-refractivity contribution is 6.00. The van der Waals surface area contributed by atoms with Gasteiger partial charge in [0.05, 0.1) is 23.5 Å². The van der Waals surface area contributed by atoms with Gasteiger partial charge in [0.15, 0.2) is 0 Å². The lowest BCUT2D eigenvalue weighted by Gasteiger charge is -2.15. The molecule has 1 unspecified atom stereocenters. The summed E-state index contributed by atoms with van der Waals surface area (Å²) in [4.78, 5) is 16.2. The van der Waals surface area contributed by atoms with Crippen LogP contribution in [-0.2, 0) is 0 Å². The van der Waals surface area contributed by atoms with E-state index in [9.17, 15) is 4.79 Å². The van der Waals surface area contributed by atoms with Crippen molar-refractivity contribution in [2.24, 2.45) is 5.73 Å². The van der Waals surface area contributed by atoms with Crippen LogP contribution in [0.2, 0.25) is 0 Å². The Morgan fingerprint density at radius 1 is 1.53 bits per heavy atom. The van der Waals surface area contributed by atoms with E-state index in [4.69, 9.17) is 5.73 Å². The van der Waals surface area contributed by atoms with Gasteiger partial charge >= 0.3 is 0 Å². The first-order valence-electron chi connectivity index (χ1n) is 6.54. The van der Waals surface area contributed by atoms with Gasteiger partial charge in [0.2, 0.25) is 0 Å². The molecule has 0 aliphatic carbocycles. The molecule has 0 aliphatic heterocycles. The van der Waals surface area contributed by atoms with Crippen LogP contribution in [0.1, 0.15) is 36.5 Å². The third kappa shape index (κ3) is 3.08. The molecule has 19 heavy (non-hydrogen) atoms. The minimum absolute atomic E-state index is 0.0130. The van der Waals surface area contributed by atoms with Gasteiger partial charge in [0.1, 0.15) is 0 Å². The Morgan fingerprint density at radius 3 is 3.11 bits per heavy atom. The van der Waals surface area contributed by atoms with Crippen LogP contribution in [0.3, 0.4) is 0 Å². The predicted molar refractivity (Wildman–Crippen MR) is 72.8 cm³/mol. The Balaban J connectivity index is 2.10. The summed E-state index contributed by atoms with van der Waals surface area (Å²) in [6.07, 6.45) is 9.57. The maximum absolute atomic E-state index is 12.2. The van der Waals surface area contributed by atoms with Crippen molar-refractivity contribution in [1.29, 1.82) is 0 Å². The predicted octanol–water partition coefficient (Wildman–Crippen LogP) is 0.977. The molecule has 102 valence electrons. The minimum Gasteiger partial charge on any atom is -0.348 e. The number of amides is 1. The van der Waals surface area contributed by atoms with E-state index in [0.717, 1.165) is 19.3 Å². The molecule has 2 aromatic heterocycles. The summed E-state index contributed by atoms with van der Waals surface area (Å²) in [6.45, 7) is 2.57. The molecular weight excluding hydrogens is 242 g/mol. The number of aromatic nitrogens is 3. The van der Waals surface area contributed by atoms with Gasteiger partial charge in [-0.05, 0) is 6.42 Å². The summed E-state index contributed by atoms with van der Waals surface area (Å²) in [5.41, 5.74) is 6.91. The first kappa shape index (κ1) is 13.5. The Morgan fingerprint density at radius 2 is 2.37 bits per heavy atom. The summed E-state index contributed by atoms with van der Waals surface area (Å²) in [5.74, 6) is -0.144. The Bertz CT molecular complexity index is 551. The summed E-state index contributed by atoms with van der Waals surface area (Å²) >= 11 is 0. The fraction of sp³-hybridized carbons (Fsp3) is 0.462. The molecule has 2 heterocycles. The minimum atomic E-state index is -0.144. The lowest BCUT2D eigenvalue weighted by atomic mass is 10.1. The standard InChI is InChI=1S/C13H19N5O/c1-2-3-4-10(7-14)17-13(19)11-8-16-18-6-5-15-9-12(11)18/h5-6,8-10H,2-4,7,14H2,1H3,(H,17,19). The third-order valence-corrected chi connectivity index (χ3v) is 3.10. The Labute approximate surface area is 112 Å². The van der Waals surface area contributed by atoms with Crippen molar-refractivity contribution in [3.05, 3.63) is 30.4 Å². The van der Waals surface area contributed by atoms with Gasteiger partial charge in [0.25, 0.3) is 5.91 Å². The van der Waals surface area contributed by atoms with E-state index in [0.29, 0.717) is 17.6 Å². The smallest absolute Gasteiger partial charge is 0.255 e. The second kappa shape index (κ2) is 6.29. The zero-order valence-electron chi connectivity index (χ0n) is 11.0. The summed E-state index contributed by atoms with van der Waals surface area (Å²) in [6, 6.07) is 0.0130. The SMILES string of the molecule is CCCCC(CN)NC(=O)c1cnn2ccncc12. The number of rotatable bonds is 6. The second-order valence-corrected chi connectivity index (χ2v) is 4.51. The number of unbranched alkanes of at least 4 members (excludes halogenated alkanes) is 1. The molecule has 0 aromatic carbocycles. The van der Waals surface area contributed by atoms with Crippen molar-refractivity contribution in [3.63, 3.8) is 0 Å². The quantitative estimate of drug-likeness (QED) is 0.811. The second-order valence-electron chi connectivity index (χ2n) is 4.51. The van der Waals surface area contributed by atoms with Crippen molar-refractivity contribution < 1.29 is 4.79 Å². The number of nitrogens with one attached hydrogen (secondary N) is 1. The molecule has 6 heteroatoms. The zero-order chi connectivity index (χ0) is 13.7. The van der Waals surface area contributed by atoms with Crippen LogP contribution in [0.4, 0.5) is 0 Å². The molecule has 0 radical (unpaired) electrons. The van der Waals surface area contributed by atoms with Crippen LogP contribution in [0.5, 0.6) is 0 Å². The monoisotopic (exact) mass is 261 g/mol. The van der Waals surface area contributed by atoms with E-state index < -0.39 is 0 Å². The summed E-state index contributed by atoms with van der Waals surface area (Å²) < 4.78 is 1.63. The van der Waals surface area contributed by atoms with Gasteiger partial charge in [-0.25, -0.2) is 4.52 Å². The van der Waals surface area contributed by atoms with Crippen LogP contribution in [0.25, 0.3) is 5.52 Å². The Kier molecular flexibility index (Phi) is 4.46. The maximum Gasteiger partial charge on any atom is 0.255 e. The van der Waals surface area contributed by atoms with E-state index in [-0.39, 0.29) is 11.9 Å². The van der Waals surface area contributed by atoms with Crippen molar-refractivity contribution in [3.8, 4) is 0 Å². The first-order valence-corrected chi connectivity index (χ1v) is 6.54. The number of hydrogen-bond acceptors (Lipinski definition) is 4. The Hall–Kier alpha value is -1.95. The van der Waals surface area contributed by atoms with Crippen LogP contribution >= 0.6 is 0 Å². The molecule has 1 atom stereocenters. The molecule has 0 aliphatic rings. The van der Waals surface area contributed by atoms with E-state index in [2.05, 4.69) is 22.3 Å². The number of nitrogens with zero attached hydrogens (tertiary/aromatic N) is 3. The molecule has 0 saturated heterocycles. The lowest BCUT2D eigenvalue weighted by Crippen LogP contribution is -2.40. The maximum atomic E-state index is 12.2. The highest BCUT2D eigenvalue weighted by atomic mass is 16.1. The van der Waals surface area contributed by atoms with Crippen molar-refractivity contribution in [2.75, 3.05) is 6.54 Å². The molecule has 6 nitrogen and oxygen atoms in total. The summed E-state index contributed by atoms with van der Waals surface area (Å²) in [5, 5.41) is 7.07. The van der Waals surface area contributed by atoms with Crippen LogP contribution < -0.4 is 11.1 Å². The van der Waals surface area contributed by atoms with Gasteiger partial charge in [-0.1, -0.05) is 19.8 Å². The number of carbonyl (C=O) groups is 1. The van der Waals surface area contributed by atoms with Gasteiger partial charge < -0.3 is 11.1 Å². The molecular formula is C13H19N5O. The summed E-state index contributed by atoms with van der Waals surface area (Å²) in [7, 11) is 0. The largest absolute Gasteiger partial charge is 0.348 e. The average molecular weight is 261 g/mol. The highest BCUT2D eigenvalue weighted by Crippen LogP contribution is 2.09. The molecule has 2 rings (SSSR count). The fourth-order valence-electron chi connectivity index (χ4n) is 1.97. The number of hydrogen-bond donors (Lipinski definition) is 2. The van der Waals surface area contributed by atoms with Gasteiger partial charge in [-0.15, -0.1) is 0 Å². The third-order valence-electron chi connectivity index (χ3n) is 3.10. The van der Waals surface area contributed by atoms with Crippen molar-refractivity contribution in [1.82, 2.24) is 19.9 Å². The van der Waals surface area contributed by atoms with Crippen LogP contribution in [0.15, 0.2) is 24.8 Å². The van der Waals surface area contributed by atoms with Gasteiger partial charge in [-0.2, -0.15) is 5.10 Å². The molecule has 0 fully saturated rings. The van der Waals surface area contributed by atoms with Gasteiger partial charge in [0, 0.05) is 25.0 Å².